The summed E-state index contributed by atoms with van der Waals surface area (Å²) in [6.07, 6.45) is 1.55. The summed E-state index contributed by atoms with van der Waals surface area (Å²) in [6, 6.07) is 5.21. The standard InChI is InChI=1S/C13H15ClN4O2/c1-13(2)19-7-12(20-13)10-6-18(17-16-10)11-5-8(15)3-4-9(11)14/h3-6,12H,7,15H2,1-2H3/t12-/m1/s1. The summed E-state index contributed by atoms with van der Waals surface area (Å²) in [7, 11) is 0. The van der Waals surface area contributed by atoms with Gasteiger partial charge in [0.2, 0.25) is 0 Å². The highest BCUT2D eigenvalue weighted by atomic mass is 35.5. The summed E-state index contributed by atoms with van der Waals surface area (Å²) in [4.78, 5) is 0. The van der Waals surface area contributed by atoms with Crippen molar-refractivity contribution in [3.8, 4) is 5.69 Å². The normalized spacial score (nSPS) is 21.2. The maximum absolute atomic E-state index is 6.14. The smallest absolute Gasteiger partial charge is 0.163 e. The second-order valence-corrected chi connectivity index (χ2v) is 5.52. The van der Waals surface area contributed by atoms with Crippen LogP contribution in [0.2, 0.25) is 5.02 Å². The van der Waals surface area contributed by atoms with Gasteiger partial charge in [-0.2, -0.15) is 0 Å². The van der Waals surface area contributed by atoms with E-state index in [1.165, 1.54) is 0 Å². The monoisotopic (exact) mass is 294 g/mol. The molecular formula is C13H15ClN4O2. The maximum atomic E-state index is 6.14. The average molecular weight is 295 g/mol. The Bertz CT molecular complexity index is 641. The number of nitrogens with two attached hydrogens (primary N) is 1. The summed E-state index contributed by atoms with van der Waals surface area (Å²) in [5, 5.41) is 8.75. The van der Waals surface area contributed by atoms with Gasteiger partial charge in [-0.1, -0.05) is 16.8 Å². The number of hydrogen-bond acceptors (Lipinski definition) is 5. The number of nitrogen functional groups attached to an aromatic ring is 1. The first kappa shape index (κ1) is 13.4. The largest absolute Gasteiger partial charge is 0.399 e. The Hall–Kier alpha value is -1.63. The van der Waals surface area contributed by atoms with E-state index >= 15 is 0 Å². The Morgan fingerprint density at radius 1 is 1.45 bits per heavy atom. The molecule has 0 unspecified atom stereocenters. The van der Waals surface area contributed by atoms with Crippen molar-refractivity contribution < 1.29 is 9.47 Å². The lowest BCUT2D eigenvalue weighted by Crippen LogP contribution is -2.19. The van der Waals surface area contributed by atoms with Crippen molar-refractivity contribution in [1.82, 2.24) is 15.0 Å². The quantitative estimate of drug-likeness (QED) is 0.860. The van der Waals surface area contributed by atoms with Crippen LogP contribution in [0.25, 0.3) is 5.69 Å². The number of halogens is 1. The predicted octanol–water partition coefficient (Wildman–Crippen LogP) is 2.33. The highest BCUT2D eigenvalue weighted by Gasteiger charge is 2.35. The van der Waals surface area contributed by atoms with Crippen molar-refractivity contribution in [2.24, 2.45) is 0 Å². The molecule has 0 aliphatic carbocycles. The van der Waals surface area contributed by atoms with Crippen molar-refractivity contribution in [1.29, 1.82) is 0 Å². The van der Waals surface area contributed by atoms with Crippen LogP contribution in [0, 0.1) is 0 Å². The first-order chi connectivity index (χ1) is 9.44. The highest BCUT2D eigenvalue weighted by molar-refractivity contribution is 6.32. The topological polar surface area (TPSA) is 75.2 Å². The maximum Gasteiger partial charge on any atom is 0.163 e. The van der Waals surface area contributed by atoms with Gasteiger partial charge in [-0.15, -0.1) is 5.10 Å². The first-order valence-corrected chi connectivity index (χ1v) is 6.62. The highest BCUT2D eigenvalue weighted by Crippen LogP contribution is 2.32. The zero-order valence-electron chi connectivity index (χ0n) is 11.2. The summed E-state index contributed by atoms with van der Waals surface area (Å²) in [5.74, 6) is -0.594. The van der Waals surface area contributed by atoms with Crippen LogP contribution in [0.15, 0.2) is 24.4 Å². The molecule has 0 spiro atoms. The molecule has 1 aliphatic heterocycles. The lowest BCUT2D eigenvalue weighted by atomic mass is 10.2. The number of hydrogen-bond donors (Lipinski definition) is 1. The van der Waals surface area contributed by atoms with Crippen LogP contribution < -0.4 is 5.73 Å². The molecular weight excluding hydrogens is 280 g/mol. The molecule has 1 saturated heterocycles. The van der Waals surface area contributed by atoms with Crippen LogP contribution >= 0.6 is 11.6 Å². The average Bonchev–Trinajstić information content (AvgIpc) is 2.98. The van der Waals surface area contributed by atoms with Crippen LogP contribution in [-0.2, 0) is 9.47 Å². The fourth-order valence-corrected chi connectivity index (χ4v) is 2.28. The minimum Gasteiger partial charge on any atom is -0.399 e. The molecule has 3 rings (SSSR count). The number of anilines is 1. The fraction of sp³-hybridized carbons (Fsp3) is 0.385. The van der Waals surface area contributed by atoms with Gasteiger partial charge in [0.1, 0.15) is 11.8 Å². The second kappa shape index (κ2) is 4.73. The van der Waals surface area contributed by atoms with Gasteiger partial charge in [-0.05, 0) is 32.0 Å². The van der Waals surface area contributed by atoms with E-state index in [0.717, 1.165) is 0 Å². The van der Waals surface area contributed by atoms with Crippen LogP contribution in [0.1, 0.15) is 25.6 Å². The van der Waals surface area contributed by atoms with Crippen molar-refractivity contribution in [3.05, 3.63) is 35.1 Å². The Morgan fingerprint density at radius 3 is 2.95 bits per heavy atom. The molecule has 106 valence electrons. The Kier molecular flexibility index (Phi) is 3.16. The molecule has 2 N–H and O–H groups in total. The van der Waals surface area contributed by atoms with E-state index in [1.54, 1.807) is 29.1 Å². The zero-order chi connectivity index (χ0) is 14.3. The van der Waals surface area contributed by atoms with Gasteiger partial charge in [-0.3, -0.25) is 0 Å². The van der Waals surface area contributed by atoms with Gasteiger partial charge in [0, 0.05) is 5.69 Å². The van der Waals surface area contributed by atoms with E-state index in [-0.39, 0.29) is 6.10 Å². The summed E-state index contributed by atoms with van der Waals surface area (Å²) >= 11 is 6.14. The molecule has 2 heterocycles. The zero-order valence-corrected chi connectivity index (χ0v) is 12.0. The summed E-state index contributed by atoms with van der Waals surface area (Å²) in [5.41, 5.74) is 7.77. The predicted molar refractivity (Wildman–Crippen MR) is 74.6 cm³/mol. The molecule has 1 aromatic carbocycles. The molecule has 1 atom stereocenters. The first-order valence-electron chi connectivity index (χ1n) is 6.24. The molecule has 0 amide bonds. The minimum absolute atomic E-state index is 0.224. The summed E-state index contributed by atoms with van der Waals surface area (Å²) < 4.78 is 12.8. The van der Waals surface area contributed by atoms with Gasteiger partial charge < -0.3 is 15.2 Å². The lowest BCUT2D eigenvalue weighted by Gasteiger charge is -2.15. The molecule has 2 aromatic rings. The number of rotatable bonds is 2. The molecule has 0 bridgehead atoms. The Balaban J connectivity index is 1.89. The van der Waals surface area contributed by atoms with E-state index in [4.69, 9.17) is 26.8 Å². The van der Waals surface area contributed by atoms with Gasteiger partial charge >= 0.3 is 0 Å². The van der Waals surface area contributed by atoms with Crippen molar-refractivity contribution in [2.75, 3.05) is 12.3 Å². The summed E-state index contributed by atoms with van der Waals surface area (Å²) in [6.45, 7) is 4.19. The SMILES string of the molecule is CC1(C)OC[C@H](c2cn(-c3cc(N)ccc3Cl)nn2)O1. The van der Waals surface area contributed by atoms with Crippen LogP contribution in [0.3, 0.4) is 0 Å². The van der Waals surface area contributed by atoms with Gasteiger partial charge in [0.05, 0.1) is 23.5 Å². The van der Waals surface area contributed by atoms with Gasteiger partial charge in [0.15, 0.2) is 5.79 Å². The Labute approximate surface area is 121 Å². The number of aromatic nitrogens is 3. The number of nitrogens with zero attached hydrogens (tertiary/aromatic N) is 3. The van der Waals surface area contributed by atoms with E-state index < -0.39 is 5.79 Å². The Morgan fingerprint density at radius 2 is 2.25 bits per heavy atom. The van der Waals surface area contributed by atoms with Crippen molar-refractivity contribution >= 4 is 17.3 Å². The van der Waals surface area contributed by atoms with Crippen molar-refractivity contribution in [2.45, 2.75) is 25.7 Å². The molecule has 0 saturated carbocycles. The molecule has 20 heavy (non-hydrogen) atoms. The van der Waals surface area contributed by atoms with Gasteiger partial charge in [-0.25, -0.2) is 4.68 Å². The van der Waals surface area contributed by atoms with Crippen LogP contribution in [0.5, 0.6) is 0 Å². The third kappa shape index (κ3) is 2.49. The molecule has 0 radical (unpaired) electrons. The lowest BCUT2D eigenvalue weighted by molar-refractivity contribution is -0.139. The molecule has 7 heteroatoms. The number of ether oxygens (including phenoxy) is 2. The van der Waals surface area contributed by atoms with Gasteiger partial charge in [0.25, 0.3) is 0 Å². The third-order valence-electron chi connectivity index (χ3n) is 3.07. The molecule has 1 aliphatic rings. The fourth-order valence-electron chi connectivity index (χ4n) is 2.08. The van der Waals surface area contributed by atoms with E-state index in [0.29, 0.717) is 28.7 Å². The van der Waals surface area contributed by atoms with E-state index in [2.05, 4.69) is 10.3 Å². The van der Waals surface area contributed by atoms with E-state index in [9.17, 15) is 0 Å². The second-order valence-electron chi connectivity index (χ2n) is 5.12. The molecule has 1 fully saturated rings. The van der Waals surface area contributed by atoms with Crippen LogP contribution in [-0.4, -0.2) is 27.4 Å². The van der Waals surface area contributed by atoms with Crippen molar-refractivity contribution in [3.63, 3.8) is 0 Å². The molecule has 1 aromatic heterocycles. The number of benzene rings is 1. The molecule has 6 nitrogen and oxygen atoms in total. The minimum atomic E-state index is -0.594. The third-order valence-corrected chi connectivity index (χ3v) is 3.39. The van der Waals surface area contributed by atoms with Crippen LogP contribution in [0.4, 0.5) is 5.69 Å². The van der Waals surface area contributed by atoms with E-state index in [1.807, 2.05) is 13.8 Å².